The molecule has 1 nitrogen and oxygen atoms in total. The SMILES string of the molecule is CC(C)=CCC/C(C)=C/C=C/C(C)=C/C=C/C(C=O)=C/C=C/C=C(C)/C=C/C=C(C)/C=C/C=C(\C)CCC=C(C)C. The molecule has 0 rings (SSSR count). The summed E-state index contributed by atoms with van der Waals surface area (Å²) in [5, 5.41) is 0. The van der Waals surface area contributed by atoms with Gasteiger partial charge in [-0.25, -0.2) is 0 Å². The summed E-state index contributed by atoms with van der Waals surface area (Å²) in [4.78, 5) is 11.4. The van der Waals surface area contributed by atoms with Crippen molar-refractivity contribution in [3.8, 4) is 0 Å². The van der Waals surface area contributed by atoms with Crippen molar-refractivity contribution in [3.63, 3.8) is 0 Å². The van der Waals surface area contributed by atoms with Gasteiger partial charge in [0.15, 0.2) is 0 Å². The maximum atomic E-state index is 11.4. The van der Waals surface area contributed by atoms with Gasteiger partial charge >= 0.3 is 0 Å². The van der Waals surface area contributed by atoms with Crippen molar-refractivity contribution in [1.29, 1.82) is 0 Å². The molecule has 0 aromatic heterocycles. The Hall–Kier alpha value is -3.71. The Labute approximate surface area is 252 Å². The van der Waals surface area contributed by atoms with Crippen molar-refractivity contribution in [2.75, 3.05) is 0 Å². The van der Waals surface area contributed by atoms with Gasteiger partial charge in [-0.05, 0) is 88.0 Å². The van der Waals surface area contributed by atoms with Crippen LogP contribution >= 0.6 is 0 Å². The molecule has 220 valence electrons. The van der Waals surface area contributed by atoms with Crippen LogP contribution in [0, 0.1) is 0 Å². The molecule has 0 unspecified atom stereocenters. The molecule has 1 heteroatoms. The average molecular weight is 551 g/mol. The monoisotopic (exact) mass is 550 g/mol. The number of carbonyl (C=O) groups is 1. The summed E-state index contributed by atoms with van der Waals surface area (Å²) >= 11 is 0. The zero-order valence-corrected chi connectivity index (χ0v) is 27.2. The summed E-state index contributed by atoms with van der Waals surface area (Å²) in [6.07, 6.45) is 42.2. The molecular weight excluding hydrogens is 496 g/mol. The normalized spacial score (nSPS) is 14.9. The van der Waals surface area contributed by atoms with Crippen molar-refractivity contribution < 1.29 is 4.79 Å². The molecule has 0 aliphatic heterocycles. The van der Waals surface area contributed by atoms with Crippen LogP contribution in [0.3, 0.4) is 0 Å². The summed E-state index contributed by atoms with van der Waals surface area (Å²) in [7, 11) is 0. The largest absolute Gasteiger partial charge is 0.298 e. The second-order valence-corrected chi connectivity index (χ2v) is 11.0. The van der Waals surface area contributed by atoms with E-state index in [-0.39, 0.29) is 0 Å². The third-order valence-electron chi connectivity index (χ3n) is 5.92. The lowest BCUT2D eigenvalue weighted by Crippen LogP contribution is -1.77. The van der Waals surface area contributed by atoms with E-state index in [2.05, 4.69) is 129 Å². The number of rotatable bonds is 17. The molecule has 0 aromatic carbocycles. The molecule has 0 bridgehead atoms. The van der Waals surface area contributed by atoms with Gasteiger partial charge in [0, 0.05) is 5.57 Å². The van der Waals surface area contributed by atoms with E-state index in [9.17, 15) is 4.79 Å². The van der Waals surface area contributed by atoms with Crippen LogP contribution in [-0.2, 0) is 4.79 Å². The predicted molar refractivity (Wildman–Crippen MR) is 186 cm³/mol. The van der Waals surface area contributed by atoms with E-state index in [1.165, 1.54) is 27.9 Å². The number of aldehydes is 1. The summed E-state index contributed by atoms with van der Waals surface area (Å²) < 4.78 is 0. The zero-order valence-electron chi connectivity index (χ0n) is 27.2. The maximum Gasteiger partial charge on any atom is 0.150 e. The summed E-state index contributed by atoms with van der Waals surface area (Å²) in [5.74, 6) is 0. The second kappa shape index (κ2) is 24.1. The quantitative estimate of drug-likeness (QED) is 0.0761. The highest BCUT2D eigenvalue weighted by Crippen LogP contribution is 2.09. The summed E-state index contributed by atoms with van der Waals surface area (Å²) in [5.41, 5.74) is 9.57. The van der Waals surface area contributed by atoms with Gasteiger partial charge in [0.2, 0.25) is 0 Å². The molecule has 0 atom stereocenters. The topological polar surface area (TPSA) is 17.1 Å². The van der Waals surface area contributed by atoms with Gasteiger partial charge in [-0.15, -0.1) is 0 Å². The first kappa shape index (κ1) is 37.3. The van der Waals surface area contributed by atoms with Crippen molar-refractivity contribution in [2.24, 2.45) is 0 Å². The minimum atomic E-state index is 0.623. The lowest BCUT2D eigenvalue weighted by molar-refractivity contribution is -0.104. The lowest BCUT2D eigenvalue weighted by Gasteiger charge is -1.96. The van der Waals surface area contributed by atoms with Gasteiger partial charge in [-0.2, -0.15) is 0 Å². The summed E-state index contributed by atoms with van der Waals surface area (Å²) in [6, 6.07) is 0. The number of hydrogen-bond donors (Lipinski definition) is 0. The molecule has 0 fully saturated rings. The van der Waals surface area contributed by atoms with Gasteiger partial charge in [-0.1, -0.05) is 148 Å². The van der Waals surface area contributed by atoms with Crippen LogP contribution in [0.2, 0.25) is 0 Å². The average Bonchev–Trinajstić information content (AvgIpc) is 2.89. The van der Waals surface area contributed by atoms with Crippen LogP contribution in [0.25, 0.3) is 0 Å². The number of carbonyl (C=O) groups excluding carboxylic acids is 1. The third kappa shape index (κ3) is 25.0. The van der Waals surface area contributed by atoms with Crippen molar-refractivity contribution in [3.05, 3.63) is 154 Å². The minimum absolute atomic E-state index is 0.623. The maximum absolute atomic E-state index is 11.4. The summed E-state index contributed by atoms with van der Waals surface area (Å²) in [6.45, 7) is 19.1. The van der Waals surface area contributed by atoms with Gasteiger partial charge in [-0.3, -0.25) is 4.79 Å². The van der Waals surface area contributed by atoms with Crippen LogP contribution in [0.1, 0.15) is 88.0 Å². The molecule has 0 aromatic rings. The van der Waals surface area contributed by atoms with Gasteiger partial charge in [0.1, 0.15) is 6.29 Å². The lowest BCUT2D eigenvalue weighted by atomic mass is 10.1. The first-order chi connectivity index (χ1) is 19.5. The Kier molecular flexibility index (Phi) is 21.9. The smallest absolute Gasteiger partial charge is 0.150 e. The van der Waals surface area contributed by atoms with Crippen molar-refractivity contribution in [2.45, 2.75) is 88.0 Å². The van der Waals surface area contributed by atoms with E-state index in [1.807, 2.05) is 42.5 Å². The zero-order chi connectivity index (χ0) is 30.9. The molecule has 0 saturated carbocycles. The first-order valence-electron chi connectivity index (χ1n) is 14.7. The molecule has 0 aliphatic rings. The van der Waals surface area contributed by atoms with Crippen molar-refractivity contribution >= 4 is 6.29 Å². The molecule has 0 radical (unpaired) electrons. The van der Waals surface area contributed by atoms with E-state index in [0.717, 1.165) is 43.1 Å². The van der Waals surface area contributed by atoms with E-state index >= 15 is 0 Å². The molecule has 0 heterocycles. The second-order valence-electron chi connectivity index (χ2n) is 11.0. The highest BCUT2D eigenvalue weighted by molar-refractivity contribution is 5.78. The number of hydrogen-bond acceptors (Lipinski definition) is 1. The molecule has 0 aliphatic carbocycles. The van der Waals surface area contributed by atoms with Crippen LogP contribution in [0.5, 0.6) is 0 Å². The highest BCUT2D eigenvalue weighted by Gasteiger charge is 1.89. The fourth-order valence-electron chi connectivity index (χ4n) is 3.41. The molecule has 0 spiro atoms. The van der Waals surface area contributed by atoms with E-state index in [1.54, 1.807) is 0 Å². The van der Waals surface area contributed by atoms with Crippen LogP contribution in [0.4, 0.5) is 0 Å². The first-order valence-corrected chi connectivity index (χ1v) is 14.7. The fraction of sp³-hybridized carbons (Fsp3) is 0.325. The molecule has 41 heavy (non-hydrogen) atoms. The van der Waals surface area contributed by atoms with E-state index in [0.29, 0.717) is 5.57 Å². The third-order valence-corrected chi connectivity index (χ3v) is 5.92. The van der Waals surface area contributed by atoms with Crippen molar-refractivity contribution in [1.82, 2.24) is 0 Å². The Bertz CT molecular complexity index is 1190. The molecule has 0 N–H and O–H groups in total. The Morgan fingerprint density at radius 2 is 0.805 bits per heavy atom. The van der Waals surface area contributed by atoms with Crippen LogP contribution < -0.4 is 0 Å². The molecular formula is C40H54O. The Morgan fingerprint density at radius 1 is 0.439 bits per heavy atom. The Morgan fingerprint density at radius 3 is 1.22 bits per heavy atom. The standard InChI is InChI=1S/C40H54O/c1-33(2)18-12-21-36(6)24-15-27-38(8)26-14-23-35(5)20-10-11-30-40(32-41)31-17-29-39(9)28-16-25-37(7)22-13-19-34(3)4/h10-11,14-20,23-32H,12-13,21-22H2,1-9H3/b11-10+,23-14+,27-15+,28-16+,31-17+,35-20+,36-24+,37-25+,38-26+,39-29+,40-30-. The van der Waals surface area contributed by atoms with E-state index in [4.69, 9.17) is 0 Å². The van der Waals surface area contributed by atoms with Gasteiger partial charge in [0.25, 0.3) is 0 Å². The predicted octanol–water partition coefficient (Wildman–Crippen LogP) is 12.1. The molecule has 0 saturated heterocycles. The van der Waals surface area contributed by atoms with Gasteiger partial charge in [0.05, 0.1) is 0 Å². The Balaban J connectivity index is 4.86. The number of allylic oxidation sites excluding steroid dienone is 26. The molecule has 0 amide bonds. The fourth-order valence-corrected chi connectivity index (χ4v) is 3.41. The van der Waals surface area contributed by atoms with Gasteiger partial charge < -0.3 is 0 Å². The van der Waals surface area contributed by atoms with Crippen LogP contribution in [-0.4, -0.2) is 6.29 Å². The van der Waals surface area contributed by atoms with E-state index < -0.39 is 0 Å². The highest BCUT2D eigenvalue weighted by atomic mass is 16.1. The minimum Gasteiger partial charge on any atom is -0.298 e. The van der Waals surface area contributed by atoms with Crippen LogP contribution in [0.15, 0.2) is 154 Å².